The first-order chi connectivity index (χ1) is 8.42. The summed E-state index contributed by atoms with van der Waals surface area (Å²) >= 11 is 6.05. The van der Waals surface area contributed by atoms with Crippen molar-refractivity contribution < 1.29 is 9.66 Å². The zero-order valence-corrected chi connectivity index (χ0v) is 11.0. The molecule has 2 unspecified atom stereocenters. The van der Waals surface area contributed by atoms with Crippen LogP contribution in [0, 0.1) is 10.1 Å². The molecule has 1 aromatic carbocycles. The van der Waals surface area contributed by atoms with E-state index in [-0.39, 0.29) is 17.3 Å². The van der Waals surface area contributed by atoms with Crippen molar-refractivity contribution in [2.45, 2.75) is 31.9 Å². The molecule has 0 spiro atoms. The third kappa shape index (κ3) is 2.42. The Bertz CT molecular complexity index is 480. The maximum absolute atomic E-state index is 10.6. The lowest BCUT2D eigenvalue weighted by atomic mass is 9.94. The number of hydrogen-bond acceptors (Lipinski definition) is 4. The van der Waals surface area contributed by atoms with Crippen LogP contribution in [0.1, 0.15) is 20.3 Å². The predicted octanol–water partition coefficient (Wildman–Crippen LogP) is 3.23. The summed E-state index contributed by atoms with van der Waals surface area (Å²) in [5.74, 6) is 0. The molecule has 0 amide bonds. The number of non-ortho nitro benzene ring substituents is 1. The molecule has 1 saturated heterocycles. The van der Waals surface area contributed by atoms with Crippen molar-refractivity contribution in [3.05, 3.63) is 33.3 Å². The van der Waals surface area contributed by atoms with Gasteiger partial charge < -0.3 is 10.1 Å². The minimum Gasteiger partial charge on any atom is -0.376 e. The van der Waals surface area contributed by atoms with E-state index in [9.17, 15) is 10.1 Å². The summed E-state index contributed by atoms with van der Waals surface area (Å²) in [4.78, 5) is 10.2. The van der Waals surface area contributed by atoms with Crippen LogP contribution in [-0.2, 0) is 4.74 Å². The molecular formula is C12H15ClN2O3. The summed E-state index contributed by atoms with van der Waals surface area (Å²) in [5.41, 5.74) is 0.494. The lowest BCUT2D eigenvalue weighted by molar-refractivity contribution is -0.384. The summed E-state index contributed by atoms with van der Waals surface area (Å²) in [7, 11) is 0. The monoisotopic (exact) mass is 270 g/mol. The molecule has 1 aliphatic heterocycles. The maximum atomic E-state index is 10.6. The third-order valence-corrected chi connectivity index (χ3v) is 3.78. The number of ether oxygens (including phenoxy) is 1. The molecule has 6 heteroatoms. The fraction of sp³-hybridized carbons (Fsp3) is 0.500. The van der Waals surface area contributed by atoms with E-state index in [1.807, 2.05) is 6.92 Å². The minimum absolute atomic E-state index is 0.00794. The van der Waals surface area contributed by atoms with E-state index in [4.69, 9.17) is 16.3 Å². The van der Waals surface area contributed by atoms with Crippen LogP contribution in [0.2, 0.25) is 5.02 Å². The van der Waals surface area contributed by atoms with Crippen molar-refractivity contribution in [1.29, 1.82) is 0 Å². The molecule has 1 aromatic rings. The molecule has 0 radical (unpaired) electrons. The number of hydrogen-bond donors (Lipinski definition) is 1. The molecule has 98 valence electrons. The number of nitro groups is 1. The van der Waals surface area contributed by atoms with Gasteiger partial charge in [0.15, 0.2) is 0 Å². The van der Waals surface area contributed by atoms with E-state index in [2.05, 4.69) is 12.2 Å². The Morgan fingerprint density at radius 2 is 2.33 bits per heavy atom. The van der Waals surface area contributed by atoms with Crippen LogP contribution in [0.15, 0.2) is 18.2 Å². The second-order valence-electron chi connectivity index (χ2n) is 4.73. The number of halogens is 1. The van der Waals surface area contributed by atoms with Crippen LogP contribution in [-0.4, -0.2) is 23.2 Å². The van der Waals surface area contributed by atoms with Gasteiger partial charge in [0.25, 0.3) is 5.69 Å². The van der Waals surface area contributed by atoms with Crippen LogP contribution < -0.4 is 5.32 Å². The van der Waals surface area contributed by atoms with Gasteiger partial charge in [-0.3, -0.25) is 10.1 Å². The summed E-state index contributed by atoms with van der Waals surface area (Å²) in [6.45, 7) is 4.76. The van der Waals surface area contributed by atoms with Gasteiger partial charge in [0.05, 0.1) is 27.3 Å². The van der Waals surface area contributed by atoms with Crippen LogP contribution in [0.3, 0.4) is 0 Å². The predicted molar refractivity (Wildman–Crippen MR) is 70.2 cm³/mol. The highest BCUT2D eigenvalue weighted by atomic mass is 35.5. The zero-order chi connectivity index (χ0) is 13.3. The maximum Gasteiger partial charge on any atom is 0.271 e. The first kappa shape index (κ1) is 13.1. The molecule has 1 fully saturated rings. The van der Waals surface area contributed by atoms with Crippen LogP contribution >= 0.6 is 11.6 Å². The second-order valence-corrected chi connectivity index (χ2v) is 5.13. The van der Waals surface area contributed by atoms with Gasteiger partial charge in [-0.2, -0.15) is 0 Å². The molecule has 1 N–H and O–H groups in total. The summed E-state index contributed by atoms with van der Waals surface area (Å²) in [5, 5.41) is 14.3. The lowest BCUT2D eigenvalue weighted by Crippen LogP contribution is -2.41. The Morgan fingerprint density at radius 1 is 1.61 bits per heavy atom. The van der Waals surface area contributed by atoms with Gasteiger partial charge >= 0.3 is 0 Å². The zero-order valence-electron chi connectivity index (χ0n) is 10.3. The number of anilines is 1. The quantitative estimate of drug-likeness (QED) is 0.676. The average molecular weight is 271 g/mol. The van der Waals surface area contributed by atoms with Crippen molar-refractivity contribution in [1.82, 2.24) is 0 Å². The van der Waals surface area contributed by atoms with Crippen molar-refractivity contribution in [3.8, 4) is 0 Å². The summed E-state index contributed by atoms with van der Waals surface area (Å²) < 4.78 is 5.53. The van der Waals surface area contributed by atoms with Crippen molar-refractivity contribution in [2.75, 3.05) is 11.9 Å². The van der Waals surface area contributed by atoms with Crippen molar-refractivity contribution >= 4 is 23.0 Å². The van der Waals surface area contributed by atoms with Crippen LogP contribution in [0.5, 0.6) is 0 Å². The fourth-order valence-electron chi connectivity index (χ4n) is 2.03. The second kappa shape index (κ2) is 4.74. The number of benzene rings is 1. The van der Waals surface area contributed by atoms with Crippen molar-refractivity contribution in [3.63, 3.8) is 0 Å². The van der Waals surface area contributed by atoms with Gasteiger partial charge in [0, 0.05) is 18.7 Å². The Balaban J connectivity index is 2.22. The Labute approximate surface area is 110 Å². The highest BCUT2D eigenvalue weighted by Gasteiger charge is 2.37. The van der Waals surface area contributed by atoms with E-state index in [0.29, 0.717) is 17.3 Å². The number of rotatable bonds is 3. The smallest absolute Gasteiger partial charge is 0.271 e. The summed E-state index contributed by atoms with van der Waals surface area (Å²) in [6.07, 6.45) is 0.949. The molecule has 2 rings (SSSR count). The van der Waals surface area contributed by atoms with E-state index >= 15 is 0 Å². The molecule has 0 aliphatic carbocycles. The lowest BCUT2D eigenvalue weighted by Gasteiger charge is -2.30. The van der Waals surface area contributed by atoms with E-state index < -0.39 is 4.92 Å². The van der Waals surface area contributed by atoms with Crippen molar-refractivity contribution in [2.24, 2.45) is 0 Å². The van der Waals surface area contributed by atoms with Gasteiger partial charge in [-0.05, 0) is 26.3 Å². The molecule has 0 aromatic heterocycles. The largest absolute Gasteiger partial charge is 0.376 e. The molecule has 5 nitrogen and oxygen atoms in total. The topological polar surface area (TPSA) is 64.4 Å². The molecular weight excluding hydrogens is 256 g/mol. The molecule has 0 saturated carbocycles. The van der Waals surface area contributed by atoms with E-state index in [0.717, 1.165) is 6.42 Å². The molecule has 1 heterocycles. The number of nitrogens with one attached hydrogen (secondary N) is 1. The number of nitro benzene ring substituents is 1. The molecule has 2 atom stereocenters. The average Bonchev–Trinajstić information content (AvgIpc) is 2.62. The van der Waals surface area contributed by atoms with Gasteiger partial charge in [0.2, 0.25) is 0 Å². The van der Waals surface area contributed by atoms with Gasteiger partial charge in [-0.1, -0.05) is 11.6 Å². The molecule has 18 heavy (non-hydrogen) atoms. The Hall–Kier alpha value is -1.33. The third-order valence-electron chi connectivity index (χ3n) is 3.47. The Kier molecular flexibility index (Phi) is 3.45. The minimum atomic E-state index is -0.460. The van der Waals surface area contributed by atoms with Gasteiger partial charge in [-0.25, -0.2) is 0 Å². The standard InChI is InChI=1S/C12H15ClN2O3/c1-8-12(2,5-6-18-8)14-11-4-3-9(15(16)17)7-10(11)13/h3-4,7-8,14H,5-6H2,1-2H3. The van der Waals surface area contributed by atoms with Crippen LogP contribution in [0.25, 0.3) is 0 Å². The summed E-state index contributed by atoms with van der Waals surface area (Å²) in [6, 6.07) is 4.43. The van der Waals surface area contributed by atoms with Gasteiger partial charge in [0.1, 0.15) is 0 Å². The Morgan fingerprint density at radius 3 is 2.83 bits per heavy atom. The van der Waals surface area contributed by atoms with Crippen LogP contribution in [0.4, 0.5) is 11.4 Å². The normalized spacial score (nSPS) is 27.2. The first-order valence-corrected chi connectivity index (χ1v) is 6.14. The first-order valence-electron chi connectivity index (χ1n) is 5.76. The SMILES string of the molecule is CC1OCCC1(C)Nc1ccc([N+](=O)[O-])cc1Cl. The highest BCUT2D eigenvalue weighted by Crippen LogP contribution is 2.34. The van der Waals surface area contributed by atoms with E-state index in [1.165, 1.54) is 12.1 Å². The highest BCUT2D eigenvalue weighted by molar-refractivity contribution is 6.33. The fourth-order valence-corrected chi connectivity index (χ4v) is 2.25. The van der Waals surface area contributed by atoms with Gasteiger partial charge in [-0.15, -0.1) is 0 Å². The molecule has 0 bridgehead atoms. The molecule has 1 aliphatic rings. The number of nitrogens with zero attached hydrogens (tertiary/aromatic N) is 1. The van der Waals surface area contributed by atoms with E-state index in [1.54, 1.807) is 6.07 Å².